The Kier molecular flexibility index (Phi) is 4.78. The van der Waals surface area contributed by atoms with Crippen LogP contribution in [0.2, 0.25) is 0 Å². The third kappa shape index (κ3) is 4.81. The van der Waals surface area contributed by atoms with Crippen LogP contribution in [0.3, 0.4) is 0 Å². The fourth-order valence-corrected chi connectivity index (χ4v) is 1.10. The summed E-state index contributed by atoms with van der Waals surface area (Å²) in [4.78, 5) is 24.3. The van der Waals surface area contributed by atoms with Gasteiger partial charge in [-0.1, -0.05) is 0 Å². The van der Waals surface area contributed by atoms with Gasteiger partial charge in [0.05, 0.1) is 6.04 Å². The predicted molar refractivity (Wildman–Crippen MR) is 58.8 cm³/mol. The molecule has 0 saturated heterocycles. The number of carbonyl (C=O) groups excluding carboxylic acids is 2. The number of hydrogen-bond acceptors (Lipinski definition) is 3. The van der Waals surface area contributed by atoms with Gasteiger partial charge in [-0.2, -0.15) is 0 Å². The molecule has 88 valence electrons. The number of Topliss-reactive ketones (excluding diaryl/α,β-unsaturated/α-hetero) is 1. The number of nitrogens with zero attached hydrogens (tertiary/aromatic N) is 1. The number of ketones is 1. The molecule has 0 aromatic rings. The lowest BCUT2D eigenvalue weighted by Crippen LogP contribution is -2.44. The Morgan fingerprint density at radius 1 is 1.33 bits per heavy atom. The third-order valence-electron chi connectivity index (χ3n) is 2.02. The molecule has 0 rings (SSSR count). The molecule has 0 aromatic carbocycles. The molecule has 15 heavy (non-hydrogen) atoms. The topological polar surface area (TPSA) is 46.6 Å². The van der Waals surface area contributed by atoms with Crippen LogP contribution < -0.4 is 0 Å². The number of hydrogen-bond donors (Lipinski definition) is 0. The first kappa shape index (κ1) is 13.9. The second-order valence-corrected chi connectivity index (χ2v) is 4.55. The molecule has 0 N–H and O–H groups in total. The van der Waals surface area contributed by atoms with E-state index in [4.69, 9.17) is 4.74 Å². The van der Waals surface area contributed by atoms with Gasteiger partial charge in [0.1, 0.15) is 5.60 Å². The lowest BCUT2D eigenvalue weighted by Gasteiger charge is -2.29. The van der Waals surface area contributed by atoms with E-state index in [9.17, 15) is 9.59 Å². The van der Waals surface area contributed by atoms with Gasteiger partial charge in [-0.25, -0.2) is 4.79 Å². The van der Waals surface area contributed by atoms with E-state index < -0.39 is 17.7 Å². The Labute approximate surface area is 91.6 Å². The molecule has 1 amide bonds. The number of rotatable bonds is 3. The average molecular weight is 215 g/mol. The standard InChI is InChI=1S/C11H21NO3/c1-7-12(8(2)9(3)13)10(14)15-11(4,5)6/h8H,7H2,1-6H3. The first-order chi connectivity index (χ1) is 6.69. The van der Waals surface area contributed by atoms with E-state index in [1.807, 2.05) is 6.92 Å². The van der Waals surface area contributed by atoms with Crippen LogP contribution in [0.4, 0.5) is 4.79 Å². The third-order valence-corrected chi connectivity index (χ3v) is 2.02. The molecular weight excluding hydrogens is 194 g/mol. The Hall–Kier alpha value is -1.06. The summed E-state index contributed by atoms with van der Waals surface area (Å²) in [5.74, 6) is -0.0392. The van der Waals surface area contributed by atoms with Crippen molar-refractivity contribution in [2.45, 2.75) is 53.2 Å². The van der Waals surface area contributed by atoms with Crippen molar-refractivity contribution in [2.75, 3.05) is 6.54 Å². The maximum Gasteiger partial charge on any atom is 0.410 e. The van der Waals surface area contributed by atoms with Crippen LogP contribution in [0.5, 0.6) is 0 Å². The molecule has 0 aliphatic heterocycles. The van der Waals surface area contributed by atoms with Gasteiger partial charge in [-0.15, -0.1) is 0 Å². The van der Waals surface area contributed by atoms with E-state index in [0.29, 0.717) is 6.54 Å². The largest absolute Gasteiger partial charge is 0.444 e. The van der Waals surface area contributed by atoms with Gasteiger partial charge in [0.25, 0.3) is 0 Å². The Morgan fingerprint density at radius 2 is 1.80 bits per heavy atom. The quantitative estimate of drug-likeness (QED) is 0.725. The molecule has 0 aromatic heterocycles. The van der Waals surface area contributed by atoms with Gasteiger partial charge < -0.3 is 4.74 Å². The van der Waals surface area contributed by atoms with E-state index in [1.165, 1.54) is 11.8 Å². The van der Waals surface area contributed by atoms with Gasteiger partial charge in [-0.05, 0) is 41.5 Å². The van der Waals surface area contributed by atoms with Gasteiger partial charge in [-0.3, -0.25) is 9.69 Å². The highest BCUT2D eigenvalue weighted by Gasteiger charge is 2.26. The number of carbonyl (C=O) groups is 2. The van der Waals surface area contributed by atoms with Crippen LogP contribution in [0.15, 0.2) is 0 Å². The molecule has 0 aliphatic rings. The molecule has 4 heteroatoms. The Morgan fingerprint density at radius 3 is 2.07 bits per heavy atom. The minimum Gasteiger partial charge on any atom is -0.444 e. The Balaban J connectivity index is 4.55. The van der Waals surface area contributed by atoms with E-state index in [0.717, 1.165) is 0 Å². The van der Waals surface area contributed by atoms with Crippen LogP contribution in [-0.4, -0.2) is 35.0 Å². The minimum absolute atomic E-state index is 0.0392. The molecule has 0 bridgehead atoms. The van der Waals surface area contributed by atoms with Crippen LogP contribution >= 0.6 is 0 Å². The summed E-state index contributed by atoms with van der Waals surface area (Å²) in [7, 11) is 0. The molecule has 0 heterocycles. The van der Waals surface area contributed by atoms with Crippen molar-refractivity contribution < 1.29 is 14.3 Å². The van der Waals surface area contributed by atoms with Gasteiger partial charge >= 0.3 is 6.09 Å². The molecule has 1 unspecified atom stereocenters. The summed E-state index contributed by atoms with van der Waals surface area (Å²) >= 11 is 0. The molecule has 0 aliphatic carbocycles. The highest BCUT2D eigenvalue weighted by molar-refractivity contribution is 5.85. The average Bonchev–Trinajstić information content (AvgIpc) is 2.01. The molecule has 0 spiro atoms. The summed E-state index contributed by atoms with van der Waals surface area (Å²) in [6.45, 7) is 10.9. The van der Waals surface area contributed by atoms with Crippen molar-refractivity contribution in [3.05, 3.63) is 0 Å². The predicted octanol–water partition coefficient (Wildman–Crippen LogP) is 2.22. The summed E-state index contributed by atoms with van der Waals surface area (Å²) in [5, 5.41) is 0. The van der Waals surface area contributed by atoms with Crippen molar-refractivity contribution >= 4 is 11.9 Å². The zero-order valence-corrected chi connectivity index (χ0v) is 10.5. The lowest BCUT2D eigenvalue weighted by atomic mass is 10.2. The first-order valence-corrected chi connectivity index (χ1v) is 5.19. The fourth-order valence-electron chi connectivity index (χ4n) is 1.10. The van der Waals surface area contributed by atoms with Gasteiger partial charge in [0.2, 0.25) is 0 Å². The highest BCUT2D eigenvalue weighted by atomic mass is 16.6. The number of likely N-dealkylation sites (N-methyl/N-ethyl adjacent to an activating group) is 1. The number of amides is 1. The second-order valence-electron chi connectivity index (χ2n) is 4.55. The smallest absolute Gasteiger partial charge is 0.410 e. The summed E-state index contributed by atoms with van der Waals surface area (Å²) in [5.41, 5.74) is -0.527. The maximum absolute atomic E-state index is 11.7. The summed E-state index contributed by atoms with van der Waals surface area (Å²) < 4.78 is 5.20. The number of ether oxygens (including phenoxy) is 1. The van der Waals surface area contributed by atoms with Crippen molar-refractivity contribution in [2.24, 2.45) is 0 Å². The van der Waals surface area contributed by atoms with Gasteiger partial charge in [0.15, 0.2) is 5.78 Å². The molecular formula is C11H21NO3. The van der Waals surface area contributed by atoms with E-state index >= 15 is 0 Å². The van der Waals surface area contributed by atoms with Crippen LogP contribution in [0.1, 0.15) is 41.5 Å². The molecule has 1 atom stereocenters. The van der Waals surface area contributed by atoms with Crippen LogP contribution in [0.25, 0.3) is 0 Å². The zero-order valence-electron chi connectivity index (χ0n) is 10.5. The highest BCUT2D eigenvalue weighted by Crippen LogP contribution is 2.12. The van der Waals surface area contributed by atoms with Crippen molar-refractivity contribution in [3.8, 4) is 0 Å². The normalized spacial score (nSPS) is 13.2. The van der Waals surface area contributed by atoms with E-state index in [2.05, 4.69) is 0 Å². The molecule has 4 nitrogen and oxygen atoms in total. The minimum atomic E-state index is -0.527. The molecule has 0 saturated carbocycles. The summed E-state index contributed by atoms with van der Waals surface area (Å²) in [6, 6.07) is -0.426. The Bertz CT molecular complexity index is 243. The fraction of sp³-hybridized carbons (Fsp3) is 0.818. The zero-order chi connectivity index (χ0) is 12.2. The van der Waals surface area contributed by atoms with E-state index in [-0.39, 0.29) is 5.78 Å². The lowest BCUT2D eigenvalue weighted by molar-refractivity contribution is -0.121. The van der Waals surface area contributed by atoms with Crippen LogP contribution in [-0.2, 0) is 9.53 Å². The van der Waals surface area contributed by atoms with Crippen LogP contribution in [0, 0.1) is 0 Å². The van der Waals surface area contributed by atoms with Gasteiger partial charge in [0, 0.05) is 6.54 Å². The van der Waals surface area contributed by atoms with E-state index in [1.54, 1.807) is 27.7 Å². The van der Waals surface area contributed by atoms with Crippen molar-refractivity contribution in [3.63, 3.8) is 0 Å². The molecule has 0 radical (unpaired) electrons. The second kappa shape index (κ2) is 5.14. The van der Waals surface area contributed by atoms with Crippen molar-refractivity contribution in [1.82, 2.24) is 4.90 Å². The van der Waals surface area contributed by atoms with Crippen molar-refractivity contribution in [1.29, 1.82) is 0 Å². The maximum atomic E-state index is 11.7. The first-order valence-electron chi connectivity index (χ1n) is 5.19. The summed E-state index contributed by atoms with van der Waals surface area (Å²) in [6.07, 6.45) is -0.437. The molecule has 0 fully saturated rings. The SMILES string of the molecule is CCN(C(=O)OC(C)(C)C)C(C)C(C)=O. The monoisotopic (exact) mass is 215 g/mol.